The molecule has 0 N–H and O–H groups in total. The highest BCUT2D eigenvalue weighted by atomic mass is 35.5. The van der Waals surface area contributed by atoms with E-state index >= 15 is 0 Å². The number of rotatable bonds is 5. The summed E-state index contributed by atoms with van der Waals surface area (Å²) in [4.78, 5) is 15.6. The molecule has 3 rings (SSSR count). The number of nitrogens with zero attached hydrogens (tertiary/aromatic N) is 1. The number of ether oxygens (including phenoxy) is 1. The van der Waals surface area contributed by atoms with Gasteiger partial charge in [0.2, 0.25) is 0 Å². The van der Waals surface area contributed by atoms with E-state index in [-0.39, 0.29) is 6.61 Å². The van der Waals surface area contributed by atoms with Crippen molar-refractivity contribution in [3.63, 3.8) is 0 Å². The molecule has 1 heterocycles. The molecule has 0 aliphatic rings. The van der Waals surface area contributed by atoms with Gasteiger partial charge in [-0.05, 0) is 23.3 Å². The van der Waals surface area contributed by atoms with Gasteiger partial charge < -0.3 is 4.74 Å². The summed E-state index contributed by atoms with van der Waals surface area (Å²) in [7, 11) is 0. The molecule has 120 valence electrons. The van der Waals surface area contributed by atoms with Gasteiger partial charge in [-0.25, -0.2) is 4.79 Å². The summed E-state index contributed by atoms with van der Waals surface area (Å²) in [6.45, 7) is 0.0772. The molecule has 3 nitrogen and oxygen atoms in total. The lowest BCUT2D eigenvalue weighted by atomic mass is 9.90. The molecular weight excluding hydrogens is 322 g/mol. The zero-order valence-electron chi connectivity index (χ0n) is 12.9. The van der Waals surface area contributed by atoms with Crippen molar-refractivity contribution < 1.29 is 9.53 Å². The van der Waals surface area contributed by atoms with Gasteiger partial charge in [0.15, 0.2) is 4.87 Å². The first-order chi connectivity index (χ1) is 11.7. The Morgan fingerprint density at radius 2 is 1.42 bits per heavy atom. The Kier molecular flexibility index (Phi) is 4.92. The Hall–Kier alpha value is -2.65. The second-order valence-electron chi connectivity index (χ2n) is 5.29. The number of alkyl halides is 1. The predicted molar refractivity (Wildman–Crippen MR) is 93.6 cm³/mol. The third kappa shape index (κ3) is 3.31. The van der Waals surface area contributed by atoms with E-state index in [1.807, 2.05) is 72.8 Å². The van der Waals surface area contributed by atoms with Crippen LogP contribution in [0.25, 0.3) is 0 Å². The van der Waals surface area contributed by atoms with Gasteiger partial charge in [-0.2, -0.15) is 0 Å². The zero-order valence-corrected chi connectivity index (χ0v) is 13.7. The summed E-state index contributed by atoms with van der Waals surface area (Å²) in [6, 6.07) is 23.9. The summed E-state index contributed by atoms with van der Waals surface area (Å²) in [5.74, 6) is -0.521. The van der Waals surface area contributed by atoms with Crippen molar-refractivity contribution in [3.05, 3.63) is 102 Å². The Balaban J connectivity index is 1.92. The Morgan fingerprint density at radius 3 is 1.92 bits per heavy atom. The third-order valence-electron chi connectivity index (χ3n) is 3.70. The number of benzene rings is 2. The fraction of sp³-hybridized carbons (Fsp3) is 0.100. The van der Waals surface area contributed by atoms with E-state index in [2.05, 4.69) is 4.98 Å². The third-order valence-corrected chi connectivity index (χ3v) is 4.29. The number of pyridine rings is 1. The number of carbonyl (C=O) groups excluding carboxylic acids is 1. The molecule has 0 fully saturated rings. The van der Waals surface area contributed by atoms with E-state index in [4.69, 9.17) is 16.3 Å². The van der Waals surface area contributed by atoms with Crippen LogP contribution in [0.3, 0.4) is 0 Å². The van der Waals surface area contributed by atoms with Crippen LogP contribution in [0.4, 0.5) is 0 Å². The molecule has 0 amide bonds. The first-order valence-corrected chi connectivity index (χ1v) is 7.96. The largest absolute Gasteiger partial charge is 0.457 e. The van der Waals surface area contributed by atoms with E-state index in [9.17, 15) is 4.79 Å². The second kappa shape index (κ2) is 7.28. The van der Waals surface area contributed by atoms with Gasteiger partial charge in [0, 0.05) is 6.20 Å². The molecule has 1 aromatic heterocycles. The van der Waals surface area contributed by atoms with Crippen molar-refractivity contribution in [3.8, 4) is 0 Å². The number of carbonyl (C=O) groups is 1. The molecule has 0 unspecified atom stereocenters. The first kappa shape index (κ1) is 16.2. The van der Waals surface area contributed by atoms with Crippen LogP contribution in [0, 0.1) is 0 Å². The molecule has 2 aromatic carbocycles. The molecule has 3 aromatic rings. The lowest BCUT2D eigenvalue weighted by molar-refractivity contribution is -0.147. The van der Waals surface area contributed by atoms with Crippen LogP contribution in [-0.2, 0) is 21.0 Å². The first-order valence-electron chi connectivity index (χ1n) is 7.58. The molecule has 0 aliphatic carbocycles. The number of esters is 1. The quantitative estimate of drug-likeness (QED) is 0.514. The van der Waals surface area contributed by atoms with Crippen molar-refractivity contribution in [1.82, 2.24) is 4.98 Å². The lowest BCUT2D eigenvalue weighted by Crippen LogP contribution is -2.33. The molecular formula is C20H16ClNO2. The molecule has 0 atom stereocenters. The van der Waals surface area contributed by atoms with E-state index < -0.39 is 10.8 Å². The smallest absolute Gasteiger partial charge is 0.336 e. The highest BCUT2D eigenvalue weighted by molar-refractivity contribution is 6.36. The number of halogens is 1. The van der Waals surface area contributed by atoms with E-state index in [0.29, 0.717) is 16.8 Å². The van der Waals surface area contributed by atoms with E-state index in [0.717, 1.165) is 0 Å². The van der Waals surface area contributed by atoms with Crippen LogP contribution in [0.15, 0.2) is 85.1 Å². The van der Waals surface area contributed by atoms with Crippen molar-refractivity contribution in [1.29, 1.82) is 0 Å². The minimum Gasteiger partial charge on any atom is -0.457 e. The fourth-order valence-corrected chi connectivity index (χ4v) is 2.77. The molecule has 4 heteroatoms. The maximum absolute atomic E-state index is 12.9. The van der Waals surface area contributed by atoms with Crippen LogP contribution in [-0.4, -0.2) is 11.0 Å². The molecule has 0 bridgehead atoms. The number of hydrogen-bond acceptors (Lipinski definition) is 3. The number of aromatic nitrogens is 1. The van der Waals surface area contributed by atoms with Crippen molar-refractivity contribution in [2.45, 2.75) is 11.5 Å². The highest BCUT2D eigenvalue weighted by Crippen LogP contribution is 2.38. The average Bonchev–Trinajstić information content (AvgIpc) is 2.67. The van der Waals surface area contributed by atoms with Gasteiger partial charge >= 0.3 is 5.97 Å². The van der Waals surface area contributed by atoms with E-state index in [1.54, 1.807) is 12.3 Å². The monoisotopic (exact) mass is 337 g/mol. The maximum Gasteiger partial charge on any atom is 0.336 e. The standard InChI is InChI=1S/C20H16ClNO2/c21-20(16-9-3-1-4-10-16,17-11-5-2-6-12-17)19(23)24-15-18-13-7-8-14-22-18/h1-14H,15H2. The maximum atomic E-state index is 12.9. The molecule has 0 saturated carbocycles. The SMILES string of the molecule is O=C(OCc1ccccn1)C(Cl)(c1ccccc1)c1ccccc1. The van der Waals surface area contributed by atoms with Crippen LogP contribution in [0.1, 0.15) is 16.8 Å². The van der Waals surface area contributed by atoms with Gasteiger partial charge in [0.05, 0.1) is 5.69 Å². The topological polar surface area (TPSA) is 39.2 Å². The number of hydrogen-bond donors (Lipinski definition) is 0. The Labute approximate surface area is 145 Å². The van der Waals surface area contributed by atoms with Crippen molar-refractivity contribution in [2.24, 2.45) is 0 Å². The summed E-state index contributed by atoms with van der Waals surface area (Å²) < 4.78 is 5.47. The summed E-state index contributed by atoms with van der Waals surface area (Å²) in [5, 5.41) is 0. The summed E-state index contributed by atoms with van der Waals surface area (Å²) in [6.07, 6.45) is 1.66. The van der Waals surface area contributed by atoms with Crippen LogP contribution >= 0.6 is 11.6 Å². The summed E-state index contributed by atoms with van der Waals surface area (Å²) >= 11 is 6.81. The molecule has 0 radical (unpaired) electrons. The van der Waals surface area contributed by atoms with Gasteiger partial charge in [0.1, 0.15) is 6.61 Å². The molecule has 0 spiro atoms. The predicted octanol–water partition coefficient (Wildman–Crippen LogP) is 4.31. The molecule has 0 saturated heterocycles. The van der Waals surface area contributed by atoms with Crippen molar-refractivity contribution in [2.75, 3.05) is 0 Å². The van der Waals surface area contributed by atoms with Crippen LogP contribution in [0.5, 0.6) is 0 Å². The van der Waals surface area contributed by atoms with Gasteiger partial charge in [0.25, 0.3) is 0 Å². The van der Waals surface area contributed by atoms with Crippen molar-refractivity contribution >= 4 is 17.6 Å². The van der Waals surface area contributed by atoms with Crippen LogP contribution in [0.2, 0.25) is 0 Å². The Bertz CT molecular complexity index is 752. The lowest BCUT2D eigenvalue weighted by Gasteiger charge is -2.26. The van der Waals surface area contributed by atoms with E-state index in [1.165, 1.54) is 0 Å². The Morgan fingerprint density at radius 1 is 0.875 bits per heavy atom. The molecule has 0 aliphatic heterocycles. The average molecular weight is 338 g/mol. The fourth-order valence-electron chi connectivity index (χ4n) is 2.46. The minimum absolute atomic E-state index is 0.0772. The normalized spacial score (nSPS) is 11.0. The summed E-state index contributed by atoms with van der Waals surface area (Å²) in [5.41, 5.74) is 2.01. The minimum atomic E-state index is -1.39. The highest BCUT2D eigenvalue weighted by Gasteiger charge is 2.41. The molecule has 24 heavy (non-hydrogen) atoms. The van der Waals surface area contributed by atoms with Gasteiger partial charge in [-0.3, -0.25) is 4.98 Å². The second-order valence-corrected chi connectivity index (χ2v) is 5.85. The van der Waals surface area contributed by atoms with Gasteiger partial charge in [-0.15, -0.1) is 0 Å². The van der Waals surface area contributed by atoms with Gasteiger partial charge in [-0.1, -0.05) is 78.3 Å². The zero-order chi connectivity index (χ0) is 16.8. The van der Waals surface area contributed by atoms with Crippen LogP contribution < -0.4 is 0 Å².